The van der Waals surface area contributed by atoms with Crippen molar-refractivity contribution in [2.45, 2.75) is 37.8 Å². The highest BCUT2D eigenvalue weighted by atomic mass is 79.9. The van der Waals surface area contributed by atoms with Crippen molar-refractivity contribution in [1.82, 2.24) is 25.5 Å². The van der Waals surface area contributed by atoms with Gasteiger partial charge >= 0.3 is 0 Å². The van der Waals surface area contributed by atoms with Crippen LogP contribution in [0, 0.1) is 0 Å². The van der Waals surface area contributed by atoms with Gasteiger partial charge < -0.3 is 24.9 Å². The summed E-state index contributed by atoms with van der Waals surface area (Å²) < 4.78 is 5.71. The molecule has 27 heavy (non-hydrogen) atoms. The van der Waals surface area contributed by atoms with Crippen LogP contribution in [0.5, 0.6) is 0 Å². The maximum absolute atomic E-state index is 12.8. The Kier molecular flexibility index (Phi) is 4.81. The molecule has 3 N–H and O–H groups in total. The number of hydrogen-bond donors (Lipinski definition) is 3. The first-order valence-corrected chi connectivity index (χ1v) is 9.90. The lowest BCUT2D eigenvalue weighted by Gasteiger charge is -2.44. The van der Waals surface area contributed by atoms with Crippen molar-refractivity contribution in [3.8, 4) is 0 Å². The van der Waals surface area contributed by atoms with Gasteiger partial charge in [-0.05, 0) is 47.8 Å². The number of aromatic amines is 1. The number of imidazole rings is 1. The molecule has 1 atom stereocenters. The Morgan fingerprint density at radius 1 is 1.37 bits per heavy atom. The van der Waals surface area contributed by atoms with Crippen LogP contribution < -0.4 is 10.6 Å². The summed E-state index contributed by atoms with van der Waals surface area (Å²) in [4.78, 5) is 34.5. The van der Waals surface area contributed by atoms with E-state index in [9.17, 15) is 9.59 Å². The lowest BCUT2D eigenvalue weighted by Crippen LogP contribution is -2.57. The number of aromatic nitrogens is 2. The third kappa shape index (κ3) is 3.41. The fourth-order valence-electron chi connectivity index (χ4n) is 4.00. The van der Waals surface area contributed by atoms with Crippen molar-refractivity contribution in [2.24, 2.45) is 0 Å². The molecule has 0 aromatic carbocycles. The van der Waals surface area contributed by atoms with E-state index in [4.69, 9.17) is 4.42 Å². The molecule has 0 saturated carbocycles. The Morgan fingerprint density at radius 3 is 2.85 bits per heavy atom. The molecule has 0 bridgehead atoms. The minimum absolute atomic E-state index is 0.0816. The van der Waals surface area contributed by atoms with Gasteiger partial charge in [-0.3, -0.25) is 9.59 Å². The molecule has 4 heterocycles. The Balaban J connectivity index is 1.37. The standard InChI is InChI=1S/C18H22BrN5O3/c1-11(23-16(25)13-2-3-14(19)27-13)17(26)24-8-5-18(6-9-24)15-12(4-7-22-18)20-10-21-15/h2-3,10-11,22H,4-9H2,1H3,(H,20,21)(H,23,25)/t11-/m0/s1. The van der Waals surface area contributed by atoms with E-state index in [1.807, 2.05) is 4.90 Å². The van der Waals surface area contributed by atoms with Crippen LogP contribution in [0.4, 0.5) is 0 Å². The molecular weight excluding hydrogens is 414 g/mol. The van der Waals surface area contributed by atoms with Crippen LogP contribution in [0.1, 0.15) is 41.7 Å². The highest BCUT2D eigenvalue weighted by molar-refractivity contribution is 9.10. The monoisotopic (exact) mass is 435 g/mol. The van der Waals surface area contributed by atoms with Crippen LogP contribution >= 0.6 is 15.9 Å². The number of piperidine rings is 1. The Morgan fingerprint density at radius 2 is 2.15 bits per heavy atom. The summed E-state index contributed by atoms with van der Waals surface area (Å²) in [6, 6.07) is 2.60. The summed E-state index contributed by atoms with van der Waals surface area (Å²) in [5.41, 5.74) is 2.13. The number of carbonyl (C=O) groups excluding carboxylic acids is 2. The predicted octanol–water partition coefficient (Wildman–Crippen LogP) is 1.55. The quantitative estimate of drug-likeness (QED) is 0.678. The summed E-state index contributed by atoms with van der Waals surface area (Å²) in [6.07, 6.45) is 4.32. The minimum Gasteiger partial charge on any atom is -0.444 e. The van der Waals surface area contributed by atoms with E-state index in [0.29, 0.717) is 17.8 Å². The minimum atomic E-state index is -0.615. The molecule has 2 amide bonds. The van der Waals surface area contributed by atoms with Gasteiger partial charge in [0, 0.05) is 31.7 Å². The first kappa shape index (κ1) is 18.2. The van der Waals surface area contributed by atoms with Gasteiger partial charge in [-0.2, -0.15) is 0 Å². The molecule has 1 spiro atoms. The largest absolute Gasteiger partial charge is 0.444 e. The fraction of sp³-hybridized carbons (Fsp3) is 0.500. The number of rotatable bonds is 3. The molecule has 4 rings (SSSR count). The number of carbonyl (C=O) groups is 2. The van der Waals surface area contributed by atoms with Crippen molar-refractivity contribution >= 4 is 27.7 Å². The summed E-state index contributed by atoms with van der Waals surface area (Å²) in [7, 11) is 0. The average molecular weight is 436 g/mol. The van der Waals surface area contributed by atoms with Crippen LogP contribution in [0.3, 0.4) is 0 Å². The van der Waals surface area contributed by atoms with Crippen LogP contribution in [0.2, 0.25) is 0 Å². The summed E-state index contributed by atoms with van der Waals surface area (Å²) in [6.45, 7) is 3.87. The molecule has 8 nitrogen and oxygen atoms in total. The van der Waals surface area contributed by atoms with Crippen LogP contribution in [-0.4, -0.2) is 52.4 Å². The molecule has 144 valence electrons. The lowest BCUT2D eigenvalue weighted by atomic mass is 9.80. The number of likely N-dealkylation sites (tertiary alicyclic amines) is 1. The molecule has 2 aliphatic rings. The van der Waals surface area contributed by atoms with E-state index < -0.39 is 11.9 Å². The van der Waals surface area contributed by atoms with Gasteiger partial charge in [0.25, 0.3) is 5.91 Å². The van der Waals surface area contributed by atoms with Gasteiger partial charge in [-0.15, -0.1) is 0 Å². The van der Waals surface area contributed by atoms with E-state index in [0.717, 1.165) is 31.5 Å². The second kappa shape index (κ2) is 7.12. The Bertz CT molecular complexity index is 853. The molecule has 1 fully saturated rings. The number of H-pyrrole nitrogens is 1. The lowest BCUT2D eigenvalue weighted by molar-refractivity contribution is -0.134. The van der Waals surface area contributed by atoms with E-state index in [-0.39, 0.29) is 17.2 Å². The average Bonchev–Trinajstić information content (AvgIpc) is 3.31. The first-order valence-electron chi connectivity index (χ1n) is 9.11. The summed E-state index contributed by atoms with van der Waals surface area (Å²) >= 11 is 3.17. The van der Waals surface area contributed by atoms with Crippen molar-refractivity contribution < 1.29 is 14.0 Å². The number of furan rings is 1. The maximum Gasteiger partial charge on any atom is 0.287 e. The summed E-state index contributed by atoms with van der Waals surface area (Å²) in [5, 5.41) is 6.33. The van der Waals surface area contributed by atoms with Gasteiger partial charge in [0.2, 0.25) is 5.91 Å². The highest BCUT2D eigenvalue weighted by Gasteiger charge is 2.42. The van der Waals surface area contributed by atoms with Gasteiger partial charge in [0.1, 0.15) is 6.04 Å². The predicted molar refractivity (Wildman–Crippen MR) is 101 cm³/mol. The van der Waals surface area contributed by atoms with E-state index in [1.165, 1.54) is 5.69 Å². The van der Waals surface area contributed by atoms with Crippen molar-refractivity contribution in [2.75, 3.05) is 19.6 Å². The normalized spacial score (nSPS) is 19.6. The van der Waals surface area contributed by atoms with Crippen LogP contribution in [-0.2, 0) is 16.8 Å². The van der Waals surface area contributed by atoms with Crippen LogP contribution in [0.15, 0.2) is 27.5 Å². The molecule has 0 aliphatic carbocycles. The smallest absolute Gasteiger partial charge is 0.287 e. The van der Waals surface area contributed by atoms with Gasteiger partial charge in [-0.1, -0.05) is 0 Å². The highest BCUT2D eigenvalue weighted by Crippen LogP contribution is 2.35. The number of fused-ring (bicyclic) bond motifs is 2. The van der Waals surface area contributed by atoms with E-state index in [2.05, 4.69) is 36.5 Å². The number of hydrogen-bond acceptors (Lipinski definition) is 5. The summed E-state index contributed by atoms with van der Waals surface area (Å²) in [5.74, 6) is -0.302. The van der Waals surface area contributed by atoms with Crippen molar-refractivity contribution in [3.63, 3.8) is 0 Å². The third-order valence-electron chi connectivity index (χ3n) is 5.45. The Hall–Kier alpha value is -2.13. The number of nitrogens with zero attached hydrogens (tertiary/aromatic N) is 2. The fourth-order valence-corrected chi connectivity index (χ4v) is 4.30. The Labute approximate surface area is 165 Å². The van der Waals surface area contributed by atoms with Crippen molar-refractivity contribution in [1.29, 1.82) is 0 Å². The maximum atomic E-state index is 12.8. The SMILES string of the molecule is C[C@H](NC(=O)c1ccc(Br)o1)C(=O)N1CCC2(CC1)NCCc1[nH]cnc12. The zero-order chi connectivity index (χ0) is 19.0. The number of nitrogens with one attached hydrogen (secondary N) is 3. The second-order valence-electron chi connectivity index (χ2n) is 7.11. The van der Waals surface area contributed by atoms with E-state index in [1.54, 1.807) is 25.4 Å². The number of halogens is 1. The van der Waals surface area contributed by atoms with Gasteiger partial charge in [0.15, 0.2) is 10.4 Å². The second-order valence-corrected chi connectivity index (χ2v) is 7.89. The van der Waals surface area contributed by atoms with Gasteiger partial charge in [0.05, 0.1) is 17.6 Å². The molecule has 0 radical (unpaired) electrons. The van der Waals surface area contributed by atoms with Gasteiger partial charge in [-0.25, -0.2) is 4.98 Å². The molecule has 9 heteroatoms. The molecule has 2 aromatic rings. The molecule has 0 unspecified atom stereocenters. The molecule has 1 saturated heterocycles. The molecule has 2 aromatic heterocycles. The number of amides is 2. The molecule has 2 aliphatic heterocycles. The first-order chi connectivity index (χ1) is 13.0. The van der Waals surface area contributed by atoms with Crippen molar-refractivity contribution in [3.05, 3.63) is 40.3 Å². The zero-order valence-corrected chi connectivity index (χ0v) is 16.6. The zero-order valence-electron chi connectivity index (χ0n) is 15.0. The molecular formula is C18H22BrN5O3. The van der Waals surface area contributed by atoms with E-state index >= 15 is 0 Å². The topological polar surface area (TPSA) is 103 Å². The third-order valence-corrected chi connectivity index (χ3v) is 5.88. The van der Waals surface area contributed by atoms with Crippen LogP contribution in [0.25, 0.3) is 0 Å².